The van der Waals surface area contributed by atoms with Crippen LogP contribution in [0.3, 0.4) is 0 Å². The lowest BCUT2D eigenvalue weighted by Crippen LogP contribution is -2.21. The van der Waals surface area contributed by atoms with E-state index in [1.165, 1.54) is 16.5 Å². The predicted molar refractivity (Wildman–Crippen MR) is 98.1 cm³/mol. The average Bonchev–Trinajstić information content (AvgIpc) is 3.22. The Bertz CT molecular complexity index is 854. The van der Waals surface area contributed by atoms with Gasteiger partial charge < -0.3 is 5.11 Å². The molecular formula is C20H24N4O. The van der Waals surface area contributed by atoms with Gasteiger partial charge in [-0.1, -0.05) is 18.2 Å². The van der Waals surface area contributed by atoms with E-state index in [9.17, 15) is 5.11 Å². The topological polar surface area (TPSA) is 54.2 Å². The number of aliphatic hydroxyl groups is 1. The van der Waals surface area contributed by atoms with Crippen LogP contribution in [-0.2, 0) is 19.5 Å². The summed E-state index contributed by atoms with van der Waals surface area (Å²) in [6.07, 6.45) is 6.49. The van der Waals surface area contributed by atoms with E-state index in [-0.39, 0.29) is 12.0 Å². The van der Waals surface area contributed by atoms with Crippen LogP contribution < -0.4 is 0 Å². The Labute approximate surface area is 147 Å². The van der Waals surface area contributed by atoms with Crippen molar-refractivity contribution in [3.8, 4) is 0 Å². The van der Waals surface area contributed by atoms with Crippen LogP contribution in [0.2, 0.25) is 0 Å². The number of aromatic nitrogens is 3. The molecule has 0 aliphatic carbocycles. The fourth-order valence-corrected chi connectivity index (χ4v) is 3.81. The molecule has 1 aliphatic heterocycles. The Morgan fingerprint density at radius 1 is 1.20 bits per heavy atom. The largest absolute Gasteiger partial charge is 0.391 e. The zero-order valence-corrected chi connectivity index (χ0v) is 14.5. The molecule has 25 heavy (non-hydrogen) atoms. The summed E-state index contributed by atoms with van der Waals surface area (Å²) < 4.78 is 1.95. The highest BCUT2D eigenvalue weighted by Crippen LogP contribution is 2.26. The molecule has 4 rings (SSSR count). The van der Waals surface area contributed by atoms with Crippen LogP contribution in [-0.4, -0.2) is 44.0 Å². The fourth-order valence-electron chi connectivity index (χ4n) is 3.81. The quantitative estimate of drug-likeness (QED) is 0.778. The summed E-state index contributed by atoms with van der Waals surface area (Å²) in [5, 5.41) is 16.1. The highest BCUT2D eigenvalue weighted by atomic mass is 16.3. The van der Waals surface area contributed by atoms with E-state index >= 15 is 0 Å². The van der Waals surface area contributed by atoms with Gasteiger partial charge >= 0.3 is 0 Å². The molecule has 1 fully saturated rings. The number of hydrogen-bond acceptors (Lipinski definition) is 4. The summed E-state index contributed by atoms with van der Waals surface area (Å²) >= 11 is 0. The van der Waals surface area contributed by atoms with Gasteiger partial charge in [-0.05, 0) is 31.0 Å². The number of β-amino-alcohol motifs (C(OH)–C–C–N with tert-alkyl or cyclic N) is 1. The summed E-state index contributed by atoms with van der Waals surface area (Å²) in [5.41, 5.74) is 3.51. The Morgan fingerprint density at radius 3 is 2.92 bits per heavy atom. The first kappa shape index (κ1) is 16.2. The first-order valence-corrected chi connectivity index (χ1v) is 8.97. The lowest BCUT2D eigenvalue weighted by Gasteiger charge is -2.15. The summed E-state index contributed by atoms with van der Waals surface area (Å²) in [4.78, 5) is 6.76. The van der Waals surface area contributed by atoms with E-state index in [2.05, 4.69) is 46.3 Å². The SMILES string of the molecule is CCn1cc(CN2CC(O)C(Cc3ccnc4ccccc34)C2)cn1. The average molecular weight is 336 g/mol. The van der Waals surface area contributed by atoms with Crippen molar-refractivity contribution in [2.45, 2.75) is 32.5 Å². The third kappa shape index (κ3) is 3.43. The third-order valence-electron chi connectivity index (χ3n) is 5.12. The van der Waals surface area contributed by atoms with E-state index in [0.717, 1.165) is 38.1 Å². The minimum absolute atomic E-state index is 0.257. The Kier molecular flexibility index (Phi) is 4.51. The molecular weight excluding hydrogens is 312 g/mol. The molecule has 5 heteroatoms. The van der Waals surface area contributed by atoms with Gasteiger partial charge in [0.05, 0.1) is 17.8 Å². The molecule has 2 aromatic heterocycles. The molecule has 1 saturated heterocycles. The maximum atomic E-state index is 10.5. The Hall–Kier alpha value is -2.24. The second-order valence-electron chi connectivity index (χ2n) is 6.92. The molecule has 3 aromatic rings. The van der Waals surface area contributed by atoms with E-state index in [1.807, 2.05) is 29.2 Å². The van der Waals surface area contributed by atoms with Crippen LogP contribution in [0.25, 0.3) is 10.9 Å². The van der Waals surface area contributed by atoms with Crippen molar-refractivity contribution in [2.24, 2.45) is 5.92 Å². The van der Waals surface area contributed by atoms with E-state index in [1.54, 1.807) is 0 Å². The molecule has 0 spiro atoms. The summed E-state index contributed by atoms with van der Waals surface area (Å²) in [7, 11) is 0. The van der Waals surface area contributed by atoms with Crippen LogP contribution in [0.15, 0.2) is 48.9 Å². The highest BCUT2D eigenvalue weighted by molar-refractivity contribution is 5.81. The Morgan fingerprint density at radius 2 is 2.08 bits per heavy atom. The zero-order chi connectivity index (χ0) is 17.2. The Balaban J connectivity index is 1.46. The van der Waals surface area contributed by atoms with Crippen molar-refractivity contribution in [1.82, 2.24) is 19.7 Å². The monoisotopic (exact) mass is 336 g/mol. The van der Waals surface area contributed by atoms with Crippen LogP contribution in [0.4, 0.5) is 0 Å². The first-order chi connectivity index (χ1) is 12.2. The van der Waals surface area contributed by atoms with Crippen molar-refractivity contribution in [2.75, 3.05) is 13.1 Å². The molecule has 2 atom stereocenters. The lowest BCUT2D eigenvalue weighted by molar-refractivity contribution is 0.141. The van der Waals surface area contributed by atoms with Gasteiger partial charge in [0.1, 0.15) is 0 Å². The number of pyridine rings is 1. The van der Waals surface area contributed by atoms with Gasteiger partial charge in [-0.15, -0.1) is 0 Å². The van der Waals surface area contributed by atoms with Gasteiger partial charge in [-0.2, -0.15) is 5.10 Å². The highest BCUT2D eigenvalue weighted by Gasteiger charge is 2.31. The number of fused-ring (bicyclic) bond motifs is 1. The third-order valence-corrected chi connectivity index (χ3v) is 5.12. The minimum Gasteiger partial charge on any atom is -0.391 e. The number of likely N-dealkylation sites (tertiary alicyclic amines) is 1. The number of benzene rings is 1. The molecule has 1 aliphatic rings. The van der Waals surface area contributed by atoms with E-state index in [4.69, 9.17) is 0 Å². The van der Waals surface area contributed by atoms with E-state index in [0.29, 0.717) is 0 Å². The van der Waals surface area contributed by atoms with Crippen molar-refractivity contribution in [1.29, 1.82) is 0 Å². The van der Waals surface area contributed by atoms with Crippen molar-refractivity contribution >= 4 is 10.9 Å². The number of rotatable bonds is 5. The molecule has 0 amide bonds. The van der Waals surface area contributed by atoms with Crippen LogP contribution >= 0.6 is 0 Å². The molecule has 5 nitrogen and oxygen atoms in total. The molecule has 2 unspecified atom stereocenters. The number of aryl methyl sites for hydroxylation is 1. The van der Waals surface area contributed by atoms with Gasteiger partial charge in [0.25, 0.3) is 0 Å². The molecule has 130 valence electrons. The first-order valence-electron chi connectivity index (χ1n) is 8.97. The van der Waals surface area contributed by atoms with Gasteiger partial charge in [0.15, 0.2) is 0 Å². The van der Waals surface area contributed by atoms with E-state index < -0.39 is 0 Å². The minimum atomic E-state index is -0.284. The molecule has 0 bridgehead atoms. The maximum absolute atomic E-state index is 10.5. The summed E-state index contributed by atoms with van der Waals surface area (Å²) in [5.74, 6) is 0.257. The lowest BCUT2D eigenvalue weighted by atomic mass is 9.94. The smallest absolute Gasteiger partial charge is 0.0710 e. The number of hydrogen-bond donors (Lipinski definition) is 1. The zero-order valence-electron chi connectivity index (χ0n) is 14.5. The summed E-state index contributed by atoms with van der Waals surface area (Å²) in [6.45, 7) is 5.47. The van der Waals surface area contributed by atoms with Gasteiger partial charge in [-0.3, -0.25) is 14.6 Å². The van der Waals surface area contributed by atoms with Crippen LogP contribution in [0.1, 0.15) is 18.1 Å². The fraction of sp³-hybridized carbons (Fsp3) is 0.400. The van der Waals surface area contributed by atoms with Crippen LogP contribution in [0, 0.1) is 5.92 Å². The normalized spacial score (nSPS) is 21.2. The van der Waals surface area contributed by atoms with Crippen molar-refractivity contribution in [3.05, 3.63) is 60.0 Å². The van der Waals surface area contributed by atoms with Gasteiger partial charge in [0.2, 0.25) is 0 Å². The number of nitrogens with zero attached hydrogens (tertiary/aromatic N) is 4. The van der Waals surface area contributed by atoms with Crippen molar-refractivity contribution in [3.63, 3.8) is 0 Å². The van der Waals surface area contributed by atoms with Crippen LogP contribution in [0.5, 0.6) is 0 Å². The molecule has 3 heterocycles. The molecule has 1 aromatic carbocycles. The molecule has 1 N–H and O–H groups in total. The predicted octanol–water partition coefficient (Wildman–Crippen LogP) is 2.49. The number of para-hydroxylation sites is 1. The summed E-state index contributed by atoms with van der Waals surface area (Å²) in [6, 6.07) is 10.3. The van der Waals surface area contributed by atoms with Crippen molar-refractivity contribution < 1.29 is 5.11 Å². The second kappa shape index (κ2) is 6.94. The maximum Gasteiger partial charge on any atom is 0.0710 e. The van der Waals surface area contributed by atoms with Gasteiger partial charge in [0, 0.05) is 55.4 Å². The molecule has 0 radical (unpaired) electrons. The van der Waals surface area contributed by atoms with Gasteiger partial charge in [-0.25, -0.2) is 0 Å². The number of aliphatic hydroxyl groups excluding tert-OH is 1. The standard InChI is InChI=1S/C20H24N4O/c1-2-24-12-15(10-22-24)11-23-13-17(20(25)14-23)9-16-7-8-21-19-6-4-3-5-18(16)19/h3-8,10,12,17,20,25H,2,9,11,13-14H2,1H3. The second-order valence-corrected chi connectivity index (χ2v) is 6.92. The molecule has 0 saturated carbocycles.